The highest BCUT2D eigenvalue weighted by molar-refractivity contribution is 7.99. The minimum atomic E-state index is -0.430. The summed E-state index contributed by atoms with van der Waals surface area (Å²) in [4.78, 5) is 18.8. The van der Waals surface area contributed by atoms with Crippen molar-refractivity contribution in [1.82, 2.24) is 15.2 Å². The van der Waals surface area contributed by atoms with E-state index < -0.39 is 11.7 Å². The van der Waals surface area contributed by atoms with Crippen LogP contribution in [0.15, 0.2) is 28.6 Å². The monoisotopic (exact) mass is 353 g/mol. The molecule has 0 bridgehead atoms. The first-order chi connectivity index (χ1) is 11.0. The van der Waals surface area contributed by atoms with E-state index in [9.17, 15) is 9.18 Å². The average Bonchev–Trinajstić information content (AvgIpc) is 3.14. The Morgan fingerprint density at radius 2 is 2.43 bits per heavy atom. The van der Waals surface area contributed by atoms with Gasteiger partial charge in [0.25, 0.3) is 5.91 Å². The Kier molecular flexibility index (Phi) is 4.81. The standard InChI is InChI=1S/C14H16FN5OS2/c1-20-4-2-18-14(20)23-11-6-8(10(16)7-9(11)15)12(21)19-13-17-3-5-22-13/h3,5-7,14,18H,2,4,16H2,1H3,(H,17,19,21). The van der Waals surface area contributed by atoms with E-state index >= 15 is 0 Å². The molecule has 1 aromatic heterocycles. The second-order valence-corrected chi connectivity index (χ2v) is 7.08. The Balaban J connectivity index is 1.82. The maximum atomic E-state index is 14.2. The number of carbonyl (C=O) groups is 1. The van der Waals surface area contributed by atoms with E-state index in [2.05, 4.69) is 20.5 Å². The van der Waals surface area contributed by atoms with Crippen molar-refractivity contribution in [1.29, 1.82) is 0 Å². The molecule has 0 radical (unpaired) electrons. The summed E-state index contributed by atoms with van der Waals surface area (Å²) in [7, 11) is 1.96. The number of nitrogen functional groups attached to an aromatic ring is 1. The summed E-state index contributed by atoms with van der Waals surface area (Å²) in [6.45, 7) is 1.74. The number of amides is 1. The second-order valence-electron chi connectivity index (χ2n) is 5.07. The molecule has 0 aliphatic carbocycles. The number of halogens is 1. The van der Waals surface area contributed by atoms with Gasteiger partial charge in [-0.1, -0.05) is 11.8 Å². The van der Waals surface area contributed by atoms with Gasteiger partial charge in [-0.15, -0.1) is 11.3 Å². The van der Waals surface area contributed by atoms with Gasteiger partial charge in [-0.05, 0) is 19.2 Å². The highest BCUT2D eigenvalue weighted by Crippen LogP contribution is 2.31. The van der Waals surface area contributed by atoms with Crippen molar-refractivity contribution in [3.05, 3.63) is 35.1 Å². The van der Waals surface area contributed by atoms with Crippen LogP contribution in [-0.2, 0) is 0 Å². The summed E-state index contributed by atoms with van der Waals surface area (Å²) in [6.07, 6.45) is 1.59. The molecular formula is C14H16FN5OS2. The van der Waals surface area contributed by atoms with Gasteiger partial charge in [0.05, 0.1) is 5.56 Å². The van der Waals surface area contributed by atoms with Gasteiger partial charge in [-0.3, -0.25) is 20.3 Å². The summed E-state index contributed by atoms with van der Waals surface area (Å²) >= 11 is 2.63. The fourth-order valence-corrected chi connectivity index (χ4v) is 3.80. The molecule has 4 N–H and O–H groups in total. The Morgan fingerprint density at radius 3 is 3.09 bits per heavy atom. The van der Waals surface area contributed by atoms with Gasteiger partial charge < -0.3 is 5.73 Å². The lowest BCUT2D eigenvalue weighted by Gasteiger charge is -2.19. The molecule has 3 rings (SSSR count). The highest BCUT2D eigenvalue weighted by atomic mass is 32.2. The zero-order valence-corrected chi connectivity index (χ0v) is 14.0. The van der Waals surface area contributed by atoms with Crippen LogP contribution in [0.5, 0.6) is 0 Å². The molecule has 1 amide bonds. The number of anilines is 2. The molecule has 1 unspecified atom stereocenters. The van der Waals surface area contributed by atoms with Crippen LogP contribution in [0, 0.1) is 5.82 Å². The van der Waals surface area contributed by atoms with Gasteiger partial charge >= 0.3 is 0 Å². The maximum Gasteiger partial charge on any atom is 0.259 e. The topological polar surface area (TPSA) is 83.3 Å². The molecule has 2 aromatic rings. The first-order valence-electron chi connectivity index (χ1n) is 6.95. The molecule has 1 aliphatic heterocycles. The van der Waals surface area contributed by atoms with Crippen LogP contribution in [0.2, 0.25) is 0 Å². The van der Waals surface area contributed by atoms with E-state index in [-0.39, 0.29) is 16.7 Å². The van der Waals surface area contributed by atoms with Gasteiger partial charge in [0, 0.05) is 35.2 Å². The summed E-state index contributed by atoms with van der Waals surface area (Å²) in [5.41, 5.74) is 6.12. The number of hydrogen-bond acceptors (Lipinski definition) is 7. The predicted molar refractivity (Wildman–Crippen MR) is 91.2 cm³/mol. The predicted octanol–water partition coefficient (Wildman–Crippen LogP) is 2.03. The Morgan fingerprint density at radius 1 is 1.61 bits per heavy atom. The number of thioether (sulfide) groups is 1. The first kappa shape index (κ1) is 16.2. The number of aromatic nitrogens is 1. The largest absolute Gasteiger partial charge is 0.398 e. The average molecular weight is 353 g/mol. The normalized spacial score (nSPS) is 18.3. The molecule has 1 aromatic carbocycles. The third-order valence-corrected chi connectivity index (χ3v) is 5.43. The molecule has 1 aliphatic rings. The van der Waals surface area contributed by atoms with Crippen LogP contribution < -0.4 is 16.4 Å². The zero-order valence-electron chi connectivity index (χ0n) is 12.4. The number of likely N-dealkylation sites (N-methyl/N-ethyl adjacent to an activating group) is 1. The summed E-state index contributed by atoms with van der Waals surface area (Å²) < 4.78 is 14.2. The Labute approximate surface area is 141 Å². The Bertz CT molecular complexity index is 709. The molecular weight excluding hydrogens is 337 g/mol. The SMILES string of the molecule is CN1CCNC1Sc1cc(C(=O)Nc2nccs2)c(N)cc1F. The molecule has 2 heterocycles. The minimum Gasteiger partial charge on any atom is -0.398 e. The molecule has 122 valence electrons. The lowest BCUT2D eigenvalue weighted by atomic mass is 10.1. The minimum absolute atomic E-state index is 0.0250. The van der Waals surface area contributed by atoms with E-state index in [1.54, 1.807) is 11.6 Å². The van der Waals surface area contributed by atoms with Crippen LogP contribution in [0.25, 0.3) is 0 Å². The number of nitrogens with zero attached hydrogens (tertiary/aromatic N) is 2. The number of benzene rings is 1. The first-order valence-corrected chi connectivity index (χ1v) is 8.70. The van der Waals surface area contributed by atoms with Crippen molar-refractivity contribution in [2.45, 2.75) is 10.4 Å². The van der Waals surface area contributed by atoms with Gasteiger partial charge in [0.15, 0.2) is 5.13 Å². The lowest BCUT2D eigenvalue weighted by Crippen LogP contribution is -2.29. The molecule has 6 nitrogen and oxygen atoms in total. The smallest absolute Gasteiger partial charge is 0.259 e. The number of nitrogens with one attached hydrogen (secondary N) is 2. The summed E-state index contributed by atoms with van der Waals surface area (Å²) in [5, 5.41) is 8.16. The van der Waals surface area contributed by atoms with Crippen LogP contribution in [0.1, 0.15) is 10.4 Å². The van der Waals surface area contributed by atoms with Crippen molar-refractivity contribution >= 4 is 39.8 Å². The number of hydrogen-bond donors (Lipinski definition) is 3. The molecule has 0 saturated carbocycles. The van der Waals surface area contributed by atoms with Crippen LogP contribution in [-0.4, -0.2) is 41.4 Å². The van der Waals surface area contributed by atoms with Gasteiger partial charge in [-0.25, -0.2) is 9.37 Å². The van der Waals surface area contributed by atoms with Gasteiger partial charge in [-0.2, -0.15) is 0 Å². The van der Waals surface area contributed by atoms with E-state index in [0.717, 1.165) is 13.1 Å². The lowest BCUT2D eigenvalue weighted by molar-refractivity contribution is 0.102. The molecule has 23 heavy (non-hydrogen) atoms. The fraction of sp³-hybridized carbons (Fsp3) is 0.286. The fourth-order valence-electron chi connectivity index (χ4n) is 2.19. The number of nitrogens with two attached hydrogens (primary N) is 1. The summed E-state index contributed by atoms with van der Waals surface area (Å²) in [5.74, 6) is -0.826. The van der Waals surface area contributed by atoms with Crippen LogP contribution in [0.3, 0.4) is 0 Å². The van der Waals surface area contributed by atoms with Crippen molar-refractivity contribution in [3.8, 4) is 0 Å². The second kappa shape index (κ2) is 6.83. The summed E-state index contributed by atoms with van der Waals surface area (Å²) in [6, 6.07) is 2.68. The van der Waals surface area contributed by atoms with Gasteiger partial charge in [0.1, 0.15) is 11.3 Å². The van der Waals surface area contributed by atoms with Crippen molar-refractivity contribution in [2.24, 2.45) is 0 Å². The van der Waals surface area contributed by atoms with Crippen LogP contribution >= 0.6 is 23.1 Å². The third-order valence-electron chi connectivity index (χ3n) is 3.42. The van der Waals surface area contributed by atoms with Crippen molar-refractivity contribution in [2.75, 3.05) is 31.2 Å². The van der Waals surface area contributed by atoms with Crippen molar-refractivity contribution < 1.29 is 9.18 Å². The third kappa shape index (κ3) is 3.63. The molecule has 1 fully saturated rings. The van der Waals surface area contributed by atoms with Gasteiger partial charge in [0.2, 0.25) is 0 Å². The van der Waals surface area contributed by atoms with Crippen LogP contribution in [0.4, 0.5) is 15.2 Å². The zero-order chi connectivity index (χ0) is 16.4. The van der Waals surface area contributed by atoms with E-state index in [0.29, 0.717) is 10.0 Å². The molecule has 0 spiro atoms. The van der Waals surface area contributed by atoms with Crippen molar-refractivity contribution in [3.63, 3.8) is 0 Å². The quantitative estimate of drug-likeness (QED) is 0.730. The van der Waals surface area contributed by atoms with E-state index in [1.807, 2.05) is 7.05 Å². The maximum absolute atomic E-state index is 14.2. The van der Waals surface area contributed by atoms with E-state index in [4.69, 9.17) is 5.73 Å². The number of thiazole rings is 1. The molecule has 1 atom stereocenters. The Hall–Kier alpha value is -1.68. The number of carbonyl (C=O) groups excluding carboxylic acids is 1. The highest BCUT2D eigenvalue weighted by Gasteiger charge is 2.24. The molecule has 9 heteroatoms. The van der Waals surface area contributed by atoms with E-state index in [1.165, 1.54) is 35.2 Å². The molecule has 1 saturated heterocycles. The number of rotatable bonds is 4.